The van der Waals surface area contributed by atoms with Crippen LogP contribution in [-0.2, 0) is 5.75 Å². The Morgan fingerprint density at radius 1 is 1.15 bits per heavy atom. The monoisotopic (exact) mass is 366 g/mol. The van der Waals surface area contributed by atoms with E-state index in [4.69, 9.17) is 0 Å². The zero-order valence-electron chi connectivity index (χ0n) is 13.9. The predicted molar refractivity (Wildman–Crippen MR) is 100 cm³/mol. The van der Waals surface area contributed by atoms with Crippen LogP contribution in [-0.4, -0.2) is 19.5 Å². The lowest BCUT2D eigenvalue weighted by molar-refractivity contribution is 0.617. The van der Waals surface area contributed by atoms with Crippen molar-refractivity contribution in [3.63, 3.8) is 0 Å². The summed E-state index contributed by atoms with van der Waals surface area (Å²) in [7, 11) is 0. The summed E-state index contributed by atoms with van der Waals surface area (Å²) in [6.45, 7) is 2.01. The highest BCUT2D eigenvalue weighted by molar-refractivity contribution is 7.98. The average Bonchev–Trinajstić information content (AvgIpc) is 3.02. The van der Waals surface area contributed by atoms with Crippen molar-refractivity contribution >= 4 is 22.9 Å². The lowest BCUT2D eigenvalue weighted by Crippen LogP contribution is -2.07. The number of thioether (sulfide) groups is 1. The number of nitrogens with one attached hydrogen (secondary N) is 1. The number of aromatic amines is 1. The summed E-state index contributed by atoms with van der Waals surface area (Å²) >= 11 is 1.37. The molecule has 7 heteroatoms. The van der Waals surface area contributed by atoms with Gasteiger partial charge in [0.15, 0.2) is 16.3 Å². The van der Waals surface area contributed by atoms with E-state index in [-0.39, 0.29) is 16.9 Å². The molecule has 26 heavy (non-hydrogen) atoms. The third kappa shape index (κ3) is 3.01. The van der Waals surface area contributed by atoms with E-state index in [1.807, 2.05) is 35.8 Å². The molecule has 0 radical (unpaired) electrons. The van der Waals surface area contributed by atoms with Crippen LogP contribution < -0.4 is 5.56 Å². The molecule has 0 amide bonds. The molecule has 4 rings (SSSR count). The highest BCUT2D eigenvalue weighted by atomic mass is 32.2. The summed E-state index contributed by atoms with van der Waals surface area (Å²) in [5, 5.41) is 0.594. The molecule has 1 N–H and O–H groups in total. The summed E-state index contributed by atoms with van der Waals surface area (Å²) in [5.41, 5.74) is 3.02. The maximum absolute atomic E-state index is 13.9. The van der Waals surface area contributed by atoms with E-state index >= 15 is 0 Å². The van der Waals surface area contributed by atoms with Gasteiger partial charge in [-0.05, 0) is 30.7 Å². The SMILES string of the molecule is Cc1ccc(-n2c(SCc3ccccc3F)nc3c(=O)[nH]cnc32)cc1. The fourth-order valence-corrected chi connectivity index (χ4v) is 3.66. The van der Waals surface area contributed by atoms with Crippen LogP contribution >= 0.6 is 11.8 Å². The number of imidazole rings is 1. The molecule has 0 saturated carbocycles. The van der Waals surface area contributed by atoms with E-state index in [1.165, 1.54) is 24.2 Å². The molecule has 2 aromatic carbocycles. The lowest BCUT2D eigenvalue weighted by Gasteiger charge is -2.09. The standard InChI is InChI=1S/C19H15FN4OS/c1-12-6-8-14(9-7-12)24-17-16(18(25)22-11-21-17)23-19(24)26-10-13-4-2-3-5-15(13)20/h2-9,11H,10H2,1H3,(H,21,22,25). The van der Waals surface area contributed by atoms with Crippen LogP contribution in [0.1, 0.15) is 11.1 Å². The number of aryl methyl sites for hydroxylation is 1. The topological polar surface area (TPSA) is 63.6 Å². The predicted octanol–water partition coefficient (Wildman–Crippen LogP) is 3.85. The molecule has 4 aromatic rings. The van der Waals surface area contributed by atoms with Gasteiger partial charge in [0.2, 0.25) is 0 Å². The fraction of sp³-hybridized carbons (Fsp3) is 0.105. The summed E-state index contributed by atoms with van der Waals surface area (Å²) < 4.78 is 15.7. The van der Waals surface area contributed by atoms with Crippen LogP contribution in [0.3, 0.4) is 0 Å². The zero-order valence-corrected chi connectivity index (χ0v) is 14.8. The summed E-state index contributed by atoms with van der Waals surface area (Å²) in [4.78, 5) is 23.4. The fourth-order valence-electron chi connectivity index (χ4n) is 2.66. The number of halogens is 1. The summed E-state index contributed by atoms with van der Waals surface area (Å²) in [6, 6.07) is 14.5. The Hall–Kier alpha value is -2.93. The highest BCUT2D eigenvalue weighted by Gasteiger charge is 2.17. The van der Waals surface area contributed by atoms with E-state index in [1.54, 1.807) is 18.2 Å². The van der Waals surface area contributed by atoms with Crippen molar-refractivity contribution in [2.75, 3.05) is 0 Å². The van der Waals surface area contributed by atoms with Crippen molar-refractivity contribution in [1.82, 2.24) is 19.5 Å². The highest BCUT2D eigenvalue weighted by Crippen LogP contribution is 2.28. The normalized spacial score (nSPS) is 11.2. The summed E-state index contributed by atoms with van der Waals surface area (Å²) in [6.07, 6.45) is 1.36. The number of hydrogen-bond donors (Lipinski definition) is 1. The molecule has 5 nitrogen and oxygen atoms in total. The van der Waals surface area contributed by atoms with E-state index in [0.717, 1.165) is 11.3 Å². The molecule has 2 heterocycles. The van der Waals surface area contributed by atoms with Gasteiger partial charge in [-0.3, -0.25) is 9.36 Å². The van der Waals surface area contributed by atoms with Crippen molar-refractivity contribution in [2.24, 2.45) is 0 Å². The van der Waals surface area contributed by atoms with E-state index < -0.39 is 0 Å². The van der Waals surface area contributed by atoms with Gasteiger partial charge in [0.05, 0.1) is 6.33 Å². The van der Waals surface area contributed by atoms with Gasteiger partial charge in [-0.25, -0.2) is 14.4 Å². The molecule has 0 saturated heterocycles. The van der Waals surface area contributed by atoms with E-state index in [9.17, 15) is 9.18 Å². The summed E-state index contributed by atoms with van der Waals surface area (Å²) in [5.74, 6) is 0.147. The van der Waals surface area contributed by atoms with Gasteiger partial charge < -0.3 is 4.98 Å². The molecule has 0 aliphatic carbocycles. The van der Waals surface area contributed by atoms with Gasteiger partial charge in [0.1, 0.15) is 5.82 Å². The Morgan fingerprint density at radius 3 is 2.69 bits per heavy atom. The van der Waals surface area contributed by atoms with E-state index in [0.29, 0.717) is 22.1 Å². The minimum absolute atomic E-state index is 0.256. The second-order valence-electron chi connectivity index (χ2n) is 5.85. The average molecular weight is 366 g/mol. The smallest absolute Gasteiger partial charge is 0.278 e. The van der Waals surface area contributed by atoms with Gasteiger partial charge in [-0.2, -0.15) is 0 Å². The van der Waals surface area contributed by atoms with Gasteiger partial charge in [0, 0.05) is 11.4 Å². The molecule has 0 bridgehead atoms. The number of benzene rings is 2. The molecule has 0 atom stereocenters. The van der Waals surface area contributed by atoms with Crippen LogP contribution in [0.4, 0.5) is 4.39 Å². The molecule has 0 fully saturated rings. The Kier molecular flexibility index (Phi) is 4.30. The maximum Gasteiger partial charge on any atom is 0.278 e. The van der Waals surface area contributed by atoms with Crippen LogP contribution in [0.2, 0.25) is 0 Å². The molecule has 2 aromatic heterocycles. The Morgan fingerprint density at radius 2 is 1.92 bits per heavy atom. The van der Waals surface area contributed by atoms with Crippen molar-refractivity contribution in [3.05, 3.63) is 82.2 Å². The molecular formula is C19H15FN4OS. The van der Waals surface area contributed by atoms with Gasteiger partial charge in [0.25, 0.3) is 5.56 Å². The van der Waals surface area contributed by atoms with Gasteiger partial charge in [-0.15, -0.1) is 0 Å². The Bertz CT molecular complexity index is 1130. The Labute approximate surface area is 152 Å². The molecule has 130 valence electrons. The molecule has 0 unspecified atom stereocenters. The van der Waals surface area contributed by atoms with E-state index in [2.05, 4.69) is 15.0 Å². The lowest BCUT2D eigenvalue weighted by atomic mass is 10.2. The van der Waals surface area contributed by atoms with Crippen molar-refractivity contribution < 1.29 is 4.39 Å². The number of rotatable bonds is 4. The first-order chi connectivity index (χ1) is 12.6. The van der Waals surface area contributed by atoms with Crippen molar-refractivity contribution in [2.45, 2.75) is 17.8 Å². The van der Waals surface area contributed by atoms with Gasteiger partial charge in [-0.1, -0.05) is 47.7 Å². The number of H-pyrrole nitrogens is 1. The van der Waals surface area contributed by atoms with Gasteiger partial charge >= 0.3 is 0 Å². The minimum Gasteiger partial charge on any atom is -0.311 e. The molecular weight excluding hydrogens is 351 g/mol. The van der Waals surface area contributed by atoms with Crippen LogP contribution in [0.15, 0.2) is 64.8 Å². The van der Waals surface area contributed by atoms with Crippen LogP contribution in [0.25, 0.3) is 16.9 Å². The first-order valence-corrected chi connectivity index (χ1v) is 9.01. The van der Waals surface area contributed by atoms with Crippen molar-refractivity contribution in [3.8, 4) is 5.69 Å². The number of fused-ring (bicyclic) bond motifs is 1. The minimum atomic E-state index is -0.298. The first kappa shape index (κ1) is 16.5. The molecule has 0 aliphatic rings. The van der Waals surface area contributed by atoms with Crippen LogP contribution in [0.5, 0.6) is 0 Å². The quantitative estimate of drug-likeness (QED) is 0.557. The maximum atomic E-state index is 13.9. The number of hydrogen-bond acceptors (Lipinski definition) is 4. The zero-order chi connectivity index (χ0) is 18.1. The second-order valence-corrected chi connectivity index (χ2v) is 6.79. The van der Waals surface area contributed by atoms with Crippen molar-refractivity contribution in [1.29, 1.82) is 0 Å². The largest absolute Gasteiger partial charge is 0.311 e. The molecule has 0 spiro atoms. The third-order valence-corrected chi connectivity index (χ3v) is 5.01. The Balaban J connectivity index is 1.82. The first-order valence-electron chi connectivity index (χ1n) is 8.03. The third-order valence-electron chi connectivity index (χ3n) is 4.03. The number of aromatic nitrogens is 4. The second kappa shape index (κ2) is 6.76. The number of nitrogens with zero attached hydrogens (tertiary/aromatic N) is 3. The van der Waals surface area contributed by atoms with Crippen LogP contribution in [0, 0.1) is 12.7 Å². The molecule has 0 aliphatic heterocycles.